The number of fused-ring (bicyclic) bond motifs is 2. The number of amides is 1. The number of ether oxygens (including phenoxy) is 2. The molecule has 0 spiro atoms. The Kier molecular flexibility index (Phi) is 5.53. The van der Waals surface area contributed by atoms with Gasteiger partial charge in [0, 0.05) is 31.7 Å². The highest BCUT2D eigenvalue weighted by atomic mass is 16.5. The van der Waals surface area contributed by atoms with Gasteiger partial charge < -0.3 is 14.8 Å². The van der Waals surface area contributed by atoms with Crippen LogP contribution in [-0.2, 0) is 17.8 Å². The molecule has 0 aromatic heterocycles. The number of nitrogens with zero attached hydrogens (tertiary/aromatic N) is 1. The van der Waals surface area contributed by atoms with E-state index in [-0.39, 0.29) is 17.9 Å². The van der Waals surface area contributed by atoms with Crippen molar-refractivity contribution in [3.8, 4) is 11.5 Å². The number of carbonyl (C=O) groups excluding carboxylic acids is 1. The van der Waals surface area contributed by atoms with Crippen LogP contribution in [0.25, 0.3) is 0 Å². The van der Waals surface area contributed by atoms with Crippen molar-refractivity contribution in [1.29, 1.82) is 0 Å². The number of hydrogen-bond acceptors (Lipinski definition) is 4. The molecule has 2 aromatic carbocycles. The summed E-state index contributed by atoms with van der Waals surface area (Å²) in [6.45, 7) is 7.77. The van der Waals surface area contributed by atoms with Gasteiger partial charge in [0.2, 0.25) is 5.91 Å². The molecule has 0 radical (unpaired) electrons. The maximum atomic E-state index is 12.6. The first-order valence-corrected chi connectivity index (χ1v) is 10.1. The van der Waals surface area contributed by atoms with E-state index >= 15 is 0 Å². The van der Waals surface area contributed by atoms with Crippen LogP contribution in [0.4, 0.5) is 0 Å². The first-order valence-electron chi connectivity index (χ1n) is 10.1. The second kappa shape index (κ2) is 8.23. The van der Waals surface area contributed by atoms with Crippen LogP contribution in [-0.4, -0.2) is 43.2 Å². The topological polar surface area (TPSA) is 50.8 Å². The van der Waals surface area contributed by atoms with Gasteiger partial charge in [-0.05, 0) is 38.0 Å². The monoisotopic (exact) mass is 380 g/mol. The molecular weight excluding hydrogens is 352 g/mol. The fourth-order valence-electron chi connectivity index (χ4n) is 4.02. The Morgan fingerprint density at radius 1 is 1.18 bits per heavy atom. The highest BCUT2D eigenvalue weighted by Crippen LogP contribution is 2.27. The summed E-state index contributed by atoms with van der Waals surface area (Å²) < 4.78 is 11.8. The smallest absolute Gasteiger partial charge is 0.226 e. The molecule has 2 heterocycles. The zero-order valence-electron chi connectivity index (χ0n) is 16.6. The Hall–Kier alpha value is -2.53. The van der Waals surface area contributed by atoms with Gasteiger partial charge in [-0.2, -0.15) is 0 Å². The average molecular weight is 380 g/mol. The third-order valence-electron chi connectivity index (χ3n) is 5.43. The SMILES string of the molecule is Cc1ccc2c(c1)CN(CCNC(=O)[C@@H]1COc3ccccc3C1)C[C@@H](C)O2. The lowest BCUT2D eigenvalue weighted by molar-refractivity contribution is -0.126. The van der Waals surface area contributed by atoms with Crippen molar-refractivity contribution >= 4 is 5.91 Å². The van der Waals surface area contributed by atoms with Gasteiger partial charge >= 0.3 is 0 Å². The van der Waals surface area contributed by atoms with Crippen molar-refractivity contribution in [2.75, 3.05) is 26.2 Å². The minimum atomic E-state index is -0.121. The van der Waals surface area contributed by atoms with Crippen molar-refractivity contribution < 1.29 is 14.3 Å². The number of aryl methyl sites for hydroxylation is 1. The maximum absolute atomic E-state index is 12.6. The Morgan fingerprint density at radius 3 is 2.93 bits per heavy atom. The van der Waals surface area contributed by atoms with Gasteiger partial charge in [0.05, 0.1) is 5.92 Å². The van der Waals surface area contributed by atoms with Crippen molar-refractivity contribution in [1.82, 2.24) is 10.2 Å². The first-order chi connectivity index (χ1) is 13.6. The molecule has 1 N–H and O–H groups in total. The van der Waals surface area contributed by atoms with E-state index in [0.29, 0.717) is 13.2 Å². The molecule has 1 amide bonds. The minimum absolute atomic E-state index is 0.0740. The summed E-state index contributed by atoms with van der Waals surface area (Å²) >= 11 is 0. The molecule has 5 heteroatoms. The lowest BCUT2D eigenvalue weighted by Crippen LogP contribution is -2.42. The van der Waals surface area contributed by atoms with Crippen molar-refractivity contribution in [2.24, 2.45) is 5.92 Å². The lowest BCUT2D eigenvalue weighted by Gasteiger charge is -2.25. The van der Waals surface area contributed by atoms with Crippen LogP contribution in [0.15, 0.2) is 42.5 Å². The van der Waals surface area contributed by atoms with Crippen LogP contribution < -0.4 is 14.8 Å². The Balaban J connectivity index is 1.30. The molecule has 5 nitrogen and oxygen atoms in total. The molecular formula is C23H28N2O3. The predicted molar refractivity (Wildman–Crippen MR) is 109 cm³/mol. The van der Waals surface area contributed by atoms with Crippen LogP contribution in [0, 0.1) is 12.8 Å². The standard InChI is InChI=1S/C23H28N2O3/c1-16-7-8-22-19(11-16)14-25(13-17(2)28-22)10-9-24-23(26)20-12-18-5-3-4-6-21(18)27-15-20/h3-8,11,17,20H,9-10,12-15H2,1-2H3,(H,24,26)/t17-,20+/m1/s1. The summed E-state index contributed by atoms with van der Waals surface area (Å²) in [5.41, 5.74) is 3.56. The number of para-hydroxylation sites is 1. The molecule has 2 atom stereocenters. The van der Waals surface area contributed by atoms with E-state index in [0.717, 1.165) is 43.1 Å². The number of hydrogen-bond donors (Lipinski definition) is 1. The third kappa shape index (κ3) is 4.30. The summed E-state index contributed by atoms with van der Waals surface area (Å²) in [6, 6.07) is 14.3. The van der Waals surface area contributed by atoms with Gasteiger partial charge in [-0.3, -0.25) is 9.69 Å². The number of carbonyl (C=O) groups is 1. The van der Waals surface area contributed by atoms with E-state index in [9.17, 15) is 4.79 Å². The zero-order valence-corrected chi connectivity index (χ0v) is 16.6. The highest BCUT2D eigenvalue weighted by Gasteiger charge is 2.26. The molecule has 0 saturated heterocycles. The van der Waals surface area contributed by atoms with Crippen LogP contribution >= 0.6 is 0 Å². The molecule has 0 saturated carbocycles. The Morgan fingerprint density at radius 2 is 2.04 bits per heavy atom. The van der Waals surface area contributed by atoms with E-state index in [1.54, 1.807) is 0 Å². The zero-order chi connectivity index (χ0) is 19.5. The van der Waals surface area contributed by atoms with Gasteiger partial charge in [-0.15, -0.1) is 0 Å². The molecule has 2 aliphatic rings. The number of benzene rings is 2. The van der Waals surface area contributed by atoms with Crippen molar-refractivity contribution in [2.45, 2.75) is 32.9 Å². The lowest BCUT2D eigenvalue weighted by atomic mass is 9.96. The highest BCUT2D eigenvalue weighted by molar-refractivity contribution is 5.79. The maximum Gasteiger partial charge on any atom is 0.226 e. The second-order valence-electron chi connectivity index (χ2n) is 7.89. The van der Waals surface area contributed by atoms with Gasteiger partial charge in [0.15, 0.2) is 0 Å². The fourth-order valence-corrected chi connectivity index (χ4v) is 4.02. The molecule has 0 bridgehead atoms. The molecule has 2 aliphatic heterocycles. The molecule has 148 valence electrons. The summed E-state index contributed by atoms with van der Waals surface area (Å²) in [5, 5.41) is 3.10. The number of rotatable bonds is 4. The average Bonchev–Trinajstić information content (AvgIpc) is 2.84. The molecule has 0 unspecified atom stereocenters. The normalized spacial score (nSPS) is 21.5. The third-order valence-corrected chi connectivity index (χ3v) is 5.43. The first kappa shape index (κ1) is 18.8. The predicted octanol–water partition coefficient (Wildman–Crippen LogP) is 2.95. The molecule has 4 rings (SSSR count). The van der Waals surface area contributed by atoms with Crippen LogP contribution in [0.3, 0.4) is 0 Å². The van der Waals surface area contributed by atoms with E-state index < -0.39 is 0 Å². The summed E-state index contributed by atoms with van der Waals surface area (Å²) in [5.74, 6) is 1.83. The van der Waals surface area contributed by atoms with Crippen LogP contribution in [0.2, 0.25) is 0 Å². The van der Waals surface area contributed by atoms with Crippen LogP contribution in [0.5, 0.6) is 11.5 Å². The summed E-state index contributed by atoms with van der Waals surface area (Å²) in [4.78, 5) is 14.9. The van der Waals surface area contributed by atoms with Crippen LogP contribution in [0.1, 0.15) is 23.6 Å². The Labute approximate surface area is 166 Å². The van der Waals surface area contributed by atoms with Gasteiger partial charge in [-0.1, -0.05) is 35.9 Å². The summed E-state index contributed by atoms with van der Waals surface area (Å²) in [6.07, 6.45) is 0.867. The van der Waals surface area contributed by atoms with Gasteiger partial charge in [-0.25, -0.2) is 0 Å². The molecule has 2 aromatic rings. The summed E-state index contributed by atoms with van der Waals surface area (Å²) in [7, 11) is 0. The van der Waals surface area contributed by atoms with Crippen molar-refractivity contribution in [3.63, 3.8) is 0 Å². The molecule has 0 fully saturated rings. The fraction of sp³-hybridized carbons (Fsp3) is 0.435. The van der Waals surface area contributed by atoms with E-state index in [2.05, 4.69) is 42.3 Å². The van der Waals surface area contributed by atoms with Crippen molar-refractivity contribution in [3.05, 3.63) is 59.2 Å². The molecule has 28 heavy (non-hydrogen) atoms. The second-order valence-corrected chi connectivity index (χ2v) is 7.89. The quantitative estimate of drug-likeness (QED) is 0.886. The number of nitrogens with one attached hydrogen (secondary N) is 1. The van der Waals surface area contributed by atoms with E-state index in [4.69, 9.17) is 9.47 Å². The van der Waals surface area contributed by atoms with Gasteiger partial charge in [0.25, 0.3) is 0 Å². The van der Waals surface area contributed by atoms with E-state index in [1.165, 1.54) is 11.1 Å². The Bertz CT molecular complexity index is 851. The van der Waals surface area contributed by atoms with Gasteiger partial charge in [0.1, 0.15) is 24.2 Å². The van der Waals surface area contributed by atoms with E-state index in [1.807, 2.05) is 24.3 Å². The molecule has 0 aliphatic carbocycles. The minimum Gasteiger partial charge on any atom is -0.492 e. The largest absolute Gasteiger partial charge is 0.492 e.